The summed E-state index contributed by atoms with van der Waals surface area (Å²) in [7, 11) is 0. The van der Waals surface area contributed by atoms with Crippen molar-refractivity contribution < 1.29 is 0 Å². The van der Waals surface area contributed by atoms with Crippen molar-refractivity contribution in [2.75, 3.05) is 5.32 Å². The molecular formula is C22H14ClN5S. The first-order valence-electron chi connectivity index (χ1n) is 8.89. The van der Waals surface area contributed by atoms with Crippen LogP contribution in [0.3, 0.4) is 0 Å². The number of hydrogen-bond donors (Lipinski definition) is 1. The average molecular weight is 416 g/mol. The Labute approximate surface area is 175 Å². The first-order valence-corrected chi connectivity index (χ1v) is 10.1. The van der Waals surface area contributed by atoms with Crippen LogP contribution in [0, 0.1) is 0 Å². The van der Waals surface area contributed by atoms with Crippen molar-refractivity contribution >= 4 is 67.7 Å². The molecule has 7 heteroatoms. The van der Waals surface area contributed by atoms with Gasteiger partial charge < -0.3 is 5.32 Å². The first-order chi connectivity index (χ1) is 14.2. The van der Waals surface area contributed by atoms with E-state index in [2.05, 4.69) is 31.3 Å². The summed E-state index contributed by atoms with van der Waals surface area (Å²) in [6.45, 7) is 0. The van der Waals surface area contributed by atoms with Gasteiger partial charge in [-0.3, -0.25) is 4.98 Å². The van der Waals surface area contributed by atoms with Gasteiger partial charge >= 0.3 is 0 Å². The number of hydrogen-bond acceptors (Lipinski definition) is 6. The Bertz CT molecular complexity index is 1340. The van der Waals surface area contributed by atoms with E-state index in [1.54, 1.807) is 17.5 Å². The number of anilines is 2. The van der Waals surface area contributed by atoms with Gasteiger partial charge in [0.2, 0.25) is 0 Å². The zero-order chi connectivity index (χ0) is 19.6. The van der Waals surface area contributed by atoms with E-state index in [0.717, 1.165) is 48.9 Å². The van der Waals surface area contributed by atoms with Gasteiger partial charge in [0.15, 0.2) is 0 Å². The van der Waals surface area contributed by atoms with E-state index < -0.39 is 0 Å². The fraction of sp³-hybridized carbons (Fsp3) is 0. The fourth-order valence-electron chi connectivity index (χ4n) is 2.99. The number of fused-ring (bicyclic) bond motifs is 2. The number of halogens is 1. The predicted molar refractivity (Wildman–Crippen MR) is 121 cm³/mol. The zero-order valence-corrected chi connectivity index (χ0v) is 16.7. The van der Waals surface area contributed by atoms with Crippen molar-refractivity contribution in [3.63, 3.8) is 0 Å². The van der Waals surface area contributed by atoms with Crippen molar-refractivity contribution in [2.45, 2.75) is 0 Å². The highest BCUT2D eigenvalue weighted by Crippen LogP contribution is 2.27. The number of thiazole rings is 1. The number of nitrogens with zero attached hydrogens (tertiary/aromatic N) is 4. The molecule has 0 unspecified atom stereocenters. The lowest BCUT2D eigenvalue weighted by Gasteiger charge is -2.08. The molecule has 5 rings (SSSR count). The minimum absolute atomic E-state index is 0.717. The molecule has 0 aliphatic heterocycles. The number of pyridine rings is 1. The smallest absolute Gasteiger partial charge is 0.141 e. The van der Waals surface area contributed by atoms with Gasteiger partial charge in [-0.05, 0) is 48.0 Å². The summed E-state index contributed by atoms with van der Waals surface area (Å²) in [6, 6.07) is 15.7. The molecule has 5 aromatic rings. The van der Waals surface area contributed by atoms with Crippen molar-refractivity contribution in [2.24, 2.45) is 0 Å². The van der Waals surface area contributed by atoms with E-state index in [4.69, 9.17) is 11.6 Å². The molecule has 0 aliphatic rings. The fourth-order valence-corrected chi connectivity index (χ4v) is 3.78. The molecule has 0 aliphatic carbocycles. The SMILES string of the molecule is Clc1ccc(/C=C/c2cc3c(Nc4ccc5scnc5c4)ncnc3cn2)cc1. The van der Waals surface area contributed by atoms with Crippen LogP contribution < -0.4 is 5.32 Å². The number of rotatable bonds is 4. The molecule has 0 bridgehead atoms. The molecule has 0 amide bonds. The first kappa shape index (κ1) is 17.7. The van der Waals surface area contributed by atoms with E-state index in [9.17, 15) is 0 Å². The molecule has 0 saturated heterocycles. The van der Waals surface area contributed by atoms with Crippen LogP contribution in [0.1, 0.15) is 11.3 Å². The van der Waals surface area contributed by atoms with E-state index in [0.29, 0.717) is 0 Å². The molecule has 3 aromatic heterocycles. The summed E-state index contributed by atoms with van der Waals surface area (Å²) in [5, 5.41) is 5.00. The normalized spacial score (nSPS) is 11.5. The number of benzene rings is 2. The second-order valence-corrected chi connectivity index (χ2v) is 7.72. The molecule has 0 fully saturated rings. The quantitative estimate of drug-likeness (QED) is 0.378. The molecule has 29 heavy (non-hydrogen) atoms. The van der Waals surface area contributed by atoms with Crippen LogP contribution in [0.2, 0.25) is 5.02 Å². The Balaban J connectivity index is 1.48. The van der Waals surface area contributed by atoms with Crippen LogP contribution in [0.4, 0.5) is 11.5 Å². The Morgan fingerprint density at radius 3 is 2.66 bits per heavy atom. The van der Waals surface area contributed by atoms with Crippen molar-refractivity contribution in [3.05, 3.63) is 82.8 Å². The topological polar surface area (TPSA) is 63.6 Å². The minimum atomic E-state index is 0.717. The van der Waals surface area contributed by atoms with Gasteiger partial charge in [-0.25, -0.2) is 15.0 Å². The van der Waals surface area contributed by atoms with Gasteiger partial charge in [-0.15, -0.1) is 11.3 Å². The summed E-state index contributed by atoms with van der Waals surface area (Å²) < 4.78 is 1.15. The Morgan fingerprint density at radius 2 is 1.76 bits per heavy atom. The van der Waals surface area contributed by atoms with E-state index in [1.165, 1.54) is 6.33 Å². The van der Waals surface area contributed by atoms with E-state index in [-0.39, 0.29) is 0 Å². The molecule has 0 radical (unpaired) electrons. The maximum atomic E-state index is 5.94. The summed E-state index contributed by atoms with van der Waals surface area (Å²) in [5.41, 5.74) is 6.39. The molecule has 0 spiro atoms. The molecule has 140 valence electrons. The summed E-state index contributed by atoms with van der Waals surface area (Å²) >= 11 is 7.57. The van der Waals surface area contributed by atoms with Crippen LogP contribution in [0.5, 0.6) is 0 Å². The molecule has 1 N–H and O–H groups in total. The van der Waals surface area contributed by atoms with Gasteiger partial charge in [0.05, 0.1) is 33.1 Å². The van der Waals surface area contributed by atoms with Crippen LogP contribution in [0.25, 0.3) is 33.3 Å². The van der Waals surface area contributed by atoms with Crippen molar-refractivity contribution in [3.8, 4) is 0 Å². The van der Waals surface area contributed by atoms with Crippen LogP contribution >= 0.6 is 22.9 Å². The minimum Gasteiger partial charge on any atom is -0.340 e. The van der Waals surface area contributed by atoms with Gasteiger partial charge in [0.25, 0.3) is 0 Å². The molecule has 2 aromatic carbocycles. The lowest BCUT2D eigenvalue weighted by atomic mass is 10.1. The van der Waals surface area contributed by atoms with Crippen molar-refractivity contribution in [1.82, 2.24) is 19.9 Å². The maximum Gasteiger partial charge on any atom is 0.141 e. The molecule has 0 saturated carbocycles. The number of nitrogens with one attached hydrogen (secondary N) is 1. The second kappa shape index (κ2) is 7.58. The Morgan fingerprint density at radius 1 is 0.862 bits per heavy atom. The van der Waals surface area contributed by atoms with Gasteiger partial charge in [-0.2, -0.15) is 0 Å². The highest BCUT2D eigenvalue weighted by molar-refractivity contribution is 7.16. The Kier molecular flexibility index (Phi) is 4.63. The lowest BCUT2D eigenvalue weighted by Crippen LogP contribution is -1.97. The molecule has 0 atom stereocenters. The van der Waals surface area contributed by atoms with E-state index in [1.807, 2.05) is 60.1 Å². The Hall–Kier alpha value is -3.35. The van der Waals surface area contributed by atoms with Gasteiger partial charge in [0, 0.05) is 16.1 Å². The van der Waals surface area contributed by atoms with Crippen LogP contribution in [0.15, 0.2) is 66.6 Å². The highest BCUT2D eigenvalue weighted by atomic mass is 35.5. The van der Waals surface area contributed by atoms with Gasteiger partial charge in [0.1, 0.15) is 12.1 Å². The van der Waals surface area contributed by atoms with Crippen molar-refractivity contribution in [1.29, 1.82) is 0 Å². The monoisotopic (exact) mass is 415 g/mol. The van der Waals surface area contributed by atoms with E-state index >= 15 is 0 Å². The predicted octanol–water partition coefficient (Wildman–Crippen LogP) is 6.20. The molecule has 5 nitrogen and oxygen atoms in total. The second-order valence-electron chi connectivity index (χ2n) is 6.39. The summed E-state index contributed by atoms with van der Waals surface area (Å²) in [4.78, 5) is 17.6. The zero-order valence-electron chi connectivity index (χ0n) is 15.1. The molecule has 3 heterocycles. The average Bonchev–Trinajstić information content (AvgIpc) is 3.21. The number of aromatic nitrogens is 4. The highest BCUT2D eigenvalue weighted by Gasteiger charge is 2.07. The maximum absolute atomic E-state index is 5.94. The summed E-state index contributed by atoms with van der Waals surface area (Å²) in [5.74, 6) is 0.730. The molecular weight excluding hydrogens is 402 g/mol. The summed E-state index contributed by atoms with van der Waals surface area (Å²) in [6.07, 6.45) is 7.25. The lowest BCUT2D eigenvalue weighted by molar-refractivity contribution is 1.20. The van der Waals surface area contributed by atoms with Crippen LogP contribution in [-0.4, -0.2) is 19.9 Å². The standard InChI is InChI=1S/C22H14ClN5S/c23-15-4-1-14(2-5-15)3-6-16-9-18-20(11-24-16)25-12-26-22(18)28-17-7-8-21-19(10-17)27-13-29-21/h1-13H,(H,25,26,28)/b6-3+. The third kappa shape index (κ3) is 3.81. The largest absolute Gasteiger partial charge is 0.340 e. The van der Waals surface area contributed by atoms with Gasteiger partial charge in [-0.1, -0.05) is 29.8 Å². The third-order valence-corrected chi connectivity index (χ3v) is 5.51. The third-order valence-electron chi connectivity index (χ3n) is 4.45. The van der Waals surface area contributed by atoms with Crippen LogP contribution in [-0.2, 0) is 0 Å².